The highest BCUT2D eigenvalue weighted by Crippen LogP contribution is 2.12. The van der Waals surface area contributed by atoms with E-state index in [0.29, 0.717) is 0 Å². The van der Waals surface area contributed by atoms with Gasteiger partial charge in [0.2, 0.25) is 0 Å². The number of terminal acetylenes is 2. The van der Waals surface area contributed by atoms with Crippen molar-refractivity contribution in [1.29, 1.82) is 0 Å². The Morgan fingerprint density at radius 3 is 1.91 bits per heavy atom. The molecular formula is C7H10O3P+. The molecule has 0 aromatic heterocycles. The molecule has 1 atom stereocenters. The maximum Gasteiger partial charge on any atom is 0.695 e. The van der Waals surface area contributed by atoms with Crippen LogP contribution < -0.4 is 0 Å². The Morgan fingerprint density at radius 1 is 1.45 bits per heavy atom. The zero-order chi connectivity index (χ0) is 9.70. The molecule has 0 bridgehead atoms. The van der Waals surface area contributed by atoms with Crippen molar-refractivity contribution in [2.45, 2.75) is 0 Å². The Hall–Kier alpha value is -1.12. The zero-order valence-electron chi connectivity index (χ0n) is 6.01. The summed E-state index contributed by atoms with van der Waals surface area (Å²) in [5.41, 5.74) is 0. The van der Waals surface area contributed by atoms with Gasteiger partial charge in [0.1, 0.15) is 6.61 Å². The monoisotopic (exact) mass is 173 g/mol. The van der Waals surface area contributed by atoms with Crippen LogP contribution in [-0.2, 0) is 9.09 Å². The molecule has 4 heteroatoms. The first-order chi connectivity index (χ1) is 5.27. The van der Waals surface area contributed by atoms with Gasteiger partial charge < -0.3 is 0 Å². The Kier molecular flexibility index (Phi) is 34.6. The van der Waals surface area contributed by atoms with Gasteiger partial charge >= 0.3 is 8.25 Å². The highest BCUT2D eigenvalue weighted by atomic mass is 31.1. The normalized spacial score (nSPS) is 7.18. The number of rotatable bonds is 3. The van der Waals surface area contributed by atoms with E-state index in [1.165, 1.54) is 6.08 Å². The van der Waals surface area contributed by atoms with Crippen LogP contribution in [0.1, 0.15) is 0 Å². The zero-order valence-corrected chi connectivity index (χ0v) is 6.91. The first kappa shape index (κ1) is 16.5. The standard InChI is InChI=1S/C3H5O3P.2C2H2/c1-2-3-6-7(4)5;2*1-2/h2H,1,3H2;2*1-2H/p+1. The lowest BCUT2D eigenvalue weighted by Crippen LogP contribution is -1.75. The molecule has 0 amide bonds. The van der Waals surface area contributed by atoms with E-state index in [9.17, 15) is 4.57 Å². The molecule has 0 fully saturated rings. The lowest BCUT2D eigenvalue weighted by Gasteiger charge is -1.71. The van der Waals surface area contributed by atoms with Crippen molar-refractivity contribution in [2.75, 3.05) is 6.61 Å². The second-order valence-corrected chi connectivity index (χ2v) is 1.56. The lowest BCUT2D eigenvalue weighted by molar-refractivity contribution is 0.312. The topological polar surface area (TPSA) is 46.5 Å². The largest absolute Gasteiger partial charge is 0.695 e. The number of hydrogen-bond acceptors (Lipinski definition) is 2. The van der Waals surface area contributed by atoms with Gasteiger partial charge in [0, 0.05) is 4.57 Å². The van der Waals surface area contributed by atoms with Gasteiger partial charge in [-0.1, -0.05) is 6.08 Å². The number of hydrogen-bond donors (Lipinski definition) is 1. The minimum Gasteiger partial charge on any atom is -0.133 e. The molecule has 0 aromatic carbocycles. The third kappa shape index (κ3) is 50.7. The smallest absolute Gasteiger partial charge is 0.133 e. The van der Waals surface area contributed by atoms with Crippen LogP contribution in [-0.4, -0.2) is 11.5 Å². The minimum absolute atomic E-state index is 0.131. The first-order valence-corrected chi connectivity index (χ1v) is 3.47. The molecule has 1 unspecified atom stereocenters. The van der Waals surface area contributed by atoms with Gasteiger partial charge in [0.15, 0.2) is 0 Å². The molecule has 0 rings (SSSR count). The summed E-state index contributed by atoms with van der Waals surface area (Å²) in [7, 11) is -2.43. The van der Waals surface area contributed by atoms with Crippen molar-refractivity contribution in [3.63, 3.8) is 0 Å². The molecule has 0 aliphatic carbocycles. The van der Waals surface area contributed by atoms with E-state index in [1.807, 2.05) is 0 Å². The molecule has 60 valence electrons. The quantitative estimate of drug-likeness (QED) is 0.398. The molecule has 0 heterocycles. The summed E-state index contributed by atoms with van der Waals surface area (Å²) in [5, 5.41) is 0. The van der Waals surface area contributed by atoms with Gasteiger partial charge in [-0.15, -0.1) is 41.7 Å². The fourth-order valence-electron chi connectivity index (χ4n) is 0.116. The van der Waals surface area contributed by atoms with Crippen molar-refractivity contribution >= 4 is 8.25 Å². The first-order valence-electron chi connectivity index (χ1n) is 2.34. The van der Waals surface area contributed by atoms with Crippen LogP contribution in [0.25, 0.3) is 0 Å². The summed E-state index contributed by atoms with van der Waals surface area (Å²) in [6, 6.07) is 0. The highest BCUT2D eigenvalue weighted by molar-refractivity contribution is 7.32. The van der Waals surface area contributed by atoms with E-state index in [1.54, 1.807) is 0 Å². The molecule has 11 heavy (non-hydrogen) atoms. The van der Waals surface area contributed by atoms with Gasteiger partial charge in [-0.05, 0) is 0 Å². The molecule has 0 aliphatic heterocycles. The maximum atomic E-state index is 9.64. The summed E-state index contributed by atoms with van der Waals surface area (Å²) in [6.45, 7) is 3.40. The Bertz CT molecular complexity index is 131. The van der Waals surface area contributed by atoms with Crippen LogP contribution >= 0.6 is 8.25 Å². The summed E-state index contributed by atoms with van der Waals surface area (Å²) in [5.74, 6) is 0. The van der Waals surface area contributed by atoms with Crippen LogP contribution in [0.2, 0.25) is 0 Å². The predicted octanol–water partition coefficient (Wildman–Crippen LogP) is 1.34. The summed E-state index contributed by atoms with van der Waals surface area (Å²) >= 11 is 0. The molecule has 0 saturated carbocycles. The fraction of sp³-hybridized carbons (Fsp3) is 0.143. The second kappa shape index (κ2) is 23.2. The van der Waals surface area contributed by atoms with E-state index >= 15 is 0 Å². The fourth-order valence-corrected chi connectivity index (χ4v) is 0.349. The molecule has 1 N–H and O–H groups in total. The molecule has 0 aromatic rings. The third-order valence-corrected chi connectivity index (χ3v) is 0.673. The minimum atomic E-state index is -2.43. The van der Waals surface area contributed by atoms with Crippen molar-refractivity contribution in [3.8, 4) is 25.7 Å². The van der Waals surface area contributed by atoms with E-state index < -0.39 is 8.25 Å². The highest BCUT2D eigenvalue weighted by Gasteiger charge is 2.07. The van der Waals surface area contributed by atoms with E-state index in [0.717, 1.165) is 0 Å². The van der Waals surface area contributed by atoms with Gasteiger partial charge in [0.05, 0.1) is 0 Å². The van der Waals surface area contributed by atoms with Crippen LogP contribution in [0.4, 0.5) is 0 Å². The van der Waals surface area contributed by atoms with Crippen LogP contribution in [0.3, 0.4) is 0 Å². The Labute approximate surface area is 68.0 Å². The van der Waals surface area contributed by atoms with Crippen LogP contribution in [0.5, 0.6) is 0 Å². The van der Waals surface area contributed by atoms with Crippen molar-refractivity contribution < 1.29 is 14.0 Å². The SMILES string of the molecule is C#C.C#C.C=CCO[P+](=O)O. The lowest BCUT2D eigenvalue weighted by atomic mass is 10.7. The van der Waals surface area contributed by atoms with E-state index in [4.69, 9.17) is 4.89 Å². The van der Waals surface area contributed by atoms with E-state index in [-0.39, 0.29) is 6.61 Å². The Morgan fingerprint density at radius 2 is 1.82 bits per heavy atom. The molecule has 0 saturated heterocycles. The molecule has 3 nitrogen and oxygen atoms in total. The van der Waals surface area contributed by atoms with Crippen LogP contribution in [0, 0.1) is 25.7 Å². The van der Waals surface area contributed by atoms with Crippen molar-refractivity contribution in [3.05, 3.63) is 12.7 Å². The predicted molar refractivity (Wildman–Crippen MR) is 45.8 cm³/mol. The van der Waals surface area contributed by atoms with Gasteiger partial charge in [-0.2, -0.15) is 0 Å². The van der Waals surface area contributed by atoms with Gasteiger partial charge in [-0.3, -0.25) is 0 Å². The van der Waals surface area contributed by atoms with E-state index in [2.05, 4.69) is 36.8 Å². The summed E-state index contributed by atoms with van der Waals surface area (Å²) in [4.78, 5) is 7.92. The molecule has 0 radical (unpaired) electrons. The maximum absolute atomic E-state index is 9.64. The average molecular weight is 173 g/mol. The van der Waals surface area contributed by atoms with Crippen molar-refractivity contribution in [1.82, 2.24) is 0 Å². The van der Waals surface area contributed by atoms with Crippen LogP contribution in [0.15, 0.2) is 12.7 Å². The summed E-state index contributed by atoms with van der Waals surface area (Å²) in [6.07, 6.45) is 17.4. The Balaban J connectivity index is -0.000000138. The molecular weight excluding hydrogens is 163 g/mol. The van der Waals surface area contributed by atoms with Crippen molar-refractivity contribution in [2.24, 2.45) is 0 Å². The molecule has 0 aliphatic rings. The molecule has 0 spiro atoms. The second-order valence-electron chi connectivity index (χ2n) is 0.822. The van der Waals surface area contributed by atoms with Gasteiger partial charge in [0.25, 0.3) is 0 Å². The third-order valence-electron chi connectivity index (χ3n) is 0.303. The van der Waals surface area contributed by atoms with Gasteiger partial charge in [-0.25, -0.2) is 0 Å². The summed E-state index contributed by atoms with van der Waals surface area (Å²) < 4.78 is 13.8. The average Bonchev–Trinajstić information content (AvgIpc) is 2.08.